The monoisotopic (exact) mass is 177 g/mol. The van der Waals surface area contributed by atoms with Gasteiger partial charge in [-0.3, -0.25) is 0 Å². The van der Waals surface area contributed by atoms with Crippen molar-refractivity contribution < 1.29 is 4.74 Å². The summed E-state index contributed by atoms with van der Waals surface area (Å²) in [4.78, 5) is 0. The zero-order valence-electron chi connectivity index (χ0n) is 8.35. The first kappa shape index (κ1) is 8.57. The lowest BCUT2D eigenvalue weighted by Gasteiger charge is -2.10. The van der Waals surface area contributed by atoms with Crippen LogP contribution in [0.2, 0.25) is 0 Å². The first-order valence-corrected chi connectivity index (χ1v) is 4.61. The Balaban J connectivity index is 2.46. The Kier molecular flexibility index (Phi) is 2.00. The molecule has 1 aliphatic rings. The molecule has 1 aromatic carbocycles. The summed E-state index contributed by atoms with van der Waals surface area (Å²) >= 11 is 0. The van der Waals surface area contributed by atoms with Crippen LogP contribution in [0, 0.1) is 13.8 Å². The van der Waals surface area contributed by atoms with Crippen LogP contribution in [0.3, 0.4) is 0 Å². The number of hydrogen-bond acceptors (Lipinski definition) is 2. The highest BCUT2D eigenvalue weighted by atomic mass is 16.5. The van der Waals surface area contributed by atoms with Gasteiger partial charge in [0.15, 0.2) is 0 Å². The van der Waals surface area contributed by atoms with Crippen LogP contribution in [-0.2, 0) is 0 Å². The van der Waals surface area contributed by atoms with Crippen LogP contribution >= 0.6 is 0 Å². The average molecular weight is 177 g/mol. The lowest BCUT2D eigenvalue weighted by atomic mass is 10.0. The van der Waals surface area contributed by atoms with Crippen molar-refractivity contribution >= 4 is 0 Å². The minimum absolute atomic E-state index is 0.522. The Morgan fingerprint density at radius 3 is 2.46 bits per heavy atom. The molecule has 0 radical (unpaired) electrons. The molecule has 0 aliphatic carbocycles. The normalized spacial score (nSPS) is 20.1. The summed E-state index contributed by atoms with van der Waals surface area (Å²) in [7, 11) is 1.73. The van der Waals surface area contributed by atoms with E-state index in [2.05, 4.69) is 31.3 Å². The molecule has 2 nitrogen and oxygen atoms in total. The van der Waals surface area contributed by atoms with Gasteiger partial charge in [0, 0.05) is 18.2 Å². The van der Waals surface area contributed by atoms with Crippen LogP contribution in [0.15, 0.2) is 12.1 Å². The van der Waals surface area contributed by atoms with Gasteiger partial charge in [-0.1, -0.05) is 6.07 Å². The number of hydrogen-bond donors (Lipinski definition) is 1. The molecule has 70 valence electrons. The summed E-state index contributed by atoms with van der Waals surface area (Å²) in [5.41, 5.74) is 3.93. The molecule has 0 amide bonds. The van der Waals surface area contributed by atoms with E-state index in [9.17, 15) is 0 Å². The molecule has 1 aliphatic heterocycles. The Morgan fingerprint density at radius 2 is 1.92 bits per heavy atom. The van der Waals surface area contributed by atoms with E-state index in [1.807, 2.05) is 0 Å². The maximum atomic E-state index is 5.34. The minimum atomic E-state index is 0.522. The summed E-state index contributed by atoms with van der Waals surface area (Å²) in [5, 5.41) is 3.29. The quantitative estimate of drug-likeness (QED) is 0.700. The average Bonchev–Trinajstić information content (AvgIpc) is 2.92. The van der Waals surface area contributed by atoms with Crippen LogP contribution in [-0.4, -0.2) is 13.7 Å². The molecule has 1 atom stereocenters. The van der Waals surface area contributed by atoms with Crippen LogP contribution in [0.25, 0.3) is 0 Å². The van der Waals surface area contributed by atoms with E-state index in [1.54, 1.807) is 7.11 Å². The molecule has 0 bridgehead atoms. The zero-order chi connectivity index (χ0) is 9.42. The maximum absolute atomic E-state index is 5.34. The predicted octanol–water partition coefficient (Wildman–Crippen LogP) is 1.96. The van der Waals surface area contributed by atoms with Gasteiger partial charge in [-0.2, -0.15) is 0 Å². The summed E-state index contributed by atoms with van der Waals surface area (Å²) in [6.45, 7) is 5.33. The van der Waals surface area contributed by atoms with Crippen molar-refractivity contribution in [1.29, 1.82) is 0 Å². The molecule has 2 heteroatoms. The molecular formula is C11H15NO. The molecule has 0 saturated carbocycles. The molecule has 1 aromatic rings. The van der Waals surface area contributed by atoms with Gasteiger partial charge < -0.3 is 10.1 Å². The smallest absolute Gasteiger partial charge is 0.123 e. The summed E-state index contributed by atoms with van der Waals surface area (Å²) in [6, 6.07) is 4.86. The Hall–Kier alpha value is -1.02. The van der Waals surface area contributed by atoms with Crippen molar-refractivity contribution in [3.05, 3.63) is 28.8 Å². The number of methoxy groups -OCH3 is 1. The highest BCUT2D eigenvalue weighted by Crippen LogP contribution is 2.32. The van der Waals surface area contributed by atoms with E-state index in [0.29, 0.717) is 6.04 Å². The molecule has 0 spiro atoms. The second-order valence-corrected chi connectivity index (χ2v) is 3.64. The van der Waals surface area contributed by atoms with Crippen LogP contribution < -0.4 is 10.1 Å². The summed E-state index contributed by atoms with van der Waals surface area (Å²) in [6.07, 6.45) is 0. The Bertz CT molecular complexity index is 329. The Morgan fingerprint density at radius 1 is 1.31 bits per heavy atom. The number of nitrogens with one attached hydrogen (secondary N) is 1. The second kappa shape index (κ2) is 3.04. The first-order chi connectivity index (χ1) is 6.22. The number of rotatable bonds is 2. The van der Waals surface area contributed by atoms with Crippen molar-refractivity contribution in [2.24, 2.45) is 0 Å². The van der Waals surface area contributed by atoms with Crippen LogP contribution in [0.1, 0.15) is 22.7 Å². The zero-order valence-corrected chi connectivity index (χ0v) is 8.35. The number of aryl methyl sites for hydroxylation is 2. The van der Waals surface area contributed by atoms with Gasteiger partial charge in [0.05, 0.1) is 7.11 Å². The van der Waals surface area contributed by atoms with Gasteiger partial charge >= 0.3 is 0 Å². The third kappa shape index (κ3) is 1.54. The van der Waals surface area contributed by atoms with Gasteiger partial charge in [-0.15, -0.1) is 0 Å². The van der Waals surface area contributed by atoms with E-state index in [-0.39, 0.29) is 0 Å². The third-order valence-electron chi connectivity index (χ3n) is 2.63. The maximum Gasteiger partial charge on any atom is 0.123 e. The highest BCUT2D eigenvalue weighted by molar-refractivity contribution is 5.45. The molecule has 1 N–H and O–H groups in total. The van der Waals surface area contributed by atoms with Crippen LogP contribution in [0.5, 0.6) is 5.75 Å². The fourth-order valence-corrected chi connectivity index (χ4v) is 1.54. The summed E-state index contributed by atoms with van der Waals surface area (Å²) in [5.74, 6) is 1.01. The van der Waals surface area contributed by atoms with Gasteiger partial charge in [0.1, 0.15) is 5.75 Å². The lowest BCUT2D eigenvalue weighted by Crippen LogP contribution is -1.95. The van der Waals surface area contributed by atoms with E-state index in [4.69, 9.17) is 4.74 Å². The van der Waals surface area contributed by atoms with Crippen molar-refractivity contribution in [2.75, 3.05) is 13.7 Å². The van der Waals surface area contributed by atoms with Crippen molar-refractivity contribution in [3.8, 4) is 5.75 Å². The SMILES string of the molecule is COc1cc(C)c(C)cc1C1CN1. The fraction of sp³-hybridized carbons (Fsp3) is 0.455. The van der Waals surface area contributed by atoms with Gasteiger partial charge in [0.25, 0.3) is 0 Å². The molecule has 1 unspecified atom stereocenters. The molecule has 1 saturated heterocycles. The van der Waals surface area contributed by atoms with Crippen molar-refractivity contribution in [3.63, 3.8) is 0 Å². The topological polar surface area (TPSA) is 31.2 Å². The van der Waals surface area contributed by atoms with E-state index in [1.165, 1.54) is 16.7 Å². The Labute approximate surface area is 78.9 Å². The molecule has 13 heavy (non-hydrogen) atoms. The largest absolute Gasteiger partial charge is 0.496 e. The standard InChI is InChI=1S/C11H15NO/c1-7-4-9(10-6-12-10)11(13-3)5-8(7)2/h4-5,10,12H,6H2,1-3H3. The van der Waals surface area contributed by atoms with Crippen molar-refractivity contribution in [1.82, 2.24) is 5.32 Å². The predicted molar refractivity (Wildman–Crippen MR) is 53.2 cm³/mol. The fourth-order valence-electron chi connectivity index (χ4n) is 1.54. The van der Waals surface area contributed by atoms with Gasteiger partial charge in [-0.05, 0) is 31.0 Å². The summed E-state index contributed by atoms with van der Waals surface area (Å²) < 4.78 is 5.34. The van der Waals surface area contributed by atoms with Gasteiger partial charge in [0.2, 0.25) is 0 Å². The van der Waals surface area contributed by atoms with Crippen LogP contribution in [0.4, 0.5) is 0 Å². The lowest BCUT2D eigenvalue weighted by molar-refractivity contribution is 0.409. The number of ether oxygens (including phenoxy) is 1. The molecule has 0 aromatic heterocycles. The number of benzene rings is 1. The first-order valence-electron chi connectivity index (χ1n) is 4.61. The molecule has 1 fully saturated rings. The third-order valence-corrected chi connectivity index (χ3v) is 2.63. The molecular weight excluding hydrogens is 162 g/mol. The molecule has 2 rings (SSSR count). The molecule has 1 heterocycles. The van der Waals surface area contributed by atoms with Crippen molar-refractivity contribution in [2.45, 2.75) is 19.9 Å². The minimum Gasteiger partial charge on any atom is -0.496 e. The second-order valence-electron chi connectivity index (χ2n) is 3.64. The van der Waals surface area contributed by atoms with E-state index < -0.39 is 0 Å². The van der Waals surface area contributed by atoms with E-state index >= 15 is 0 Å². The van der Waals surface area contributed by atoms with Gasteiger partial charge in [-0.25, -0.2) is 0 Å². The van der Waals surface area contributed by atoms with E-state index in [0.717, 1.165) is 12.3 Å². The highest BCUT2D eigenvalue weighted by Gasteiger charge is 2.25.